The highest BCUT2D eigenvalue weighted by atomic mass is 15.2. The van der Waals surface area contributed by atoms with Crippen LogP contribution in [0.15, 0.2) is 66.0 Å². The van der Waals surface area contributed by atoms with E-state index in [0.717, 1.165) is 28.8 Å². The Kier molecular flexibility index (Phi) is 3.99. The van der Waals surface area contributed by atoms with Crippen LogP contribution in [0.2, 0.25) is 0 Å². The molecule has 1 heterocycles. The van der Waals surface area contributed by atoms with Crippen LogP contribution in [0.5, 0.6) is 0 Å². The summed E-state index contributed by atoms with van der Waals surface area (Å²) in [5.41, 5.74) is 3.98. The summed E-state index contributed by atoms with van der Waals surface area (Å²) in [6.45, 7) is 7.82. The normalized spacial score (nSPS) is 16.5. The Labute approximate surface area is 120 Å². The Morgan fingerprint density at radius 2 is 1.95 bits per heavy atom. The van der Waals surface area contributed by atoms with Crippen LogP contribution in [0, 0.1) is 10.8 Å². The first-order valence-corrected chi connectivity index (χ1v) is 6.65. The van der Waals surface area contributed by atoms with Crippen molar-refractivity contribution >= 4 is 11.5 Å². The summed E-state index contributed by atoms with van der Waals surface area (Å²) in [7, 11) is 0. The number of allylic oxidation sites excluding steroid dienone is 2. The van der Waals surface area contributed by atoms with Crippen molar-refractivity contribution in [2.45, 2.75) is 20.3 Å². The van der Waals surface area contributed by atoms with Crippen molar-refractivity contribution in [1.29, 1.82) is 10.8 Å². The monoisotopic (exact) mass is 265 g/mol. The lowest BCUT2D eigenvalue weighted by molar-refractivity contribution is 0.700. The highest BCUT2D eigenvalue weighted by Crippen LogP contribution is 2.28. The molecule has 102 valence electrons. The molecule has 0 saturated heterocycles. The molecule has 1 aliphatic rings. The third-order valence-corrected chi connectivity index (χ3v) is 3.29. The minimum atomic E-state index is 0.398. The van der Waals surface area contributed by atoms with Gasteiger partial charge >= 0.3 is 0 Å². The van der Waals surface area contributed by atoms with Crippen molar-refractivity contribution in [3.8, 4) is 0 Å². The second-order valence-corrected chi connectivity index (χ2v) is 4.80. The molecule has 0 aromatic heterocycles. The molecule has 2 N–H and O–H groups in total. The summed E-state index contributed by atoms with van der Waals surface area (Å²) in [6, 6.07) is 9.58. The molecule has 0 amide bonds. The molecule has 1 aliphatic heterocycles. The third-order valence-electron chi connectivity index (χ3n) is 3.29. The van der Waals surface area contributed by atoms with E-state index in [-0.39, 0.29) is 0 Å². The maximum Gasteiger partial charge on any atom is 0.136 e. The SMILES string of the molecule is C=C(C)N1C=C(CC)C(=CC(=N)c2ccccc2)C1=N. The lowest BCUT2D eigenvalue weighted by Gasteiger charge is -2.15. The van der Waals surface area contributed by atoms with Crippen molar-refractivity contribution in [3.05, 3.63) is 71.6 Å². The zero-order valence-electron chi connectivity index (χ0n) is 11.9. The largest absolute Gasteiger partial charge is 0.306 e. The molecule has 0 aliphatic carbocycles. The third kappa shape index (κ3) is 2.62. The summed E-state index contributed by atoms with van der Waals surface area (Å²) in [6.07, 6.45) is 4.55. The smallest absolute Gasteiger partial charge is 0.136 e. The summed E-state index contributed by atoms with van der Waals surface area (Å²) in [5.74, 6) is 0.398. The van der Waals surface area contributed by atoms with Crippen molar-refractivity contribution in [2.24, 2.45) is 0 Å². The van der Waals surface area contributed by atoms with Gasteiger partial charge in [0.05, 0.1) is 5.71 Å². The zero-order chi connectivity index (χ0) is 14.7. The maximum atomic E-state index is 8.23. The van der Waals surface area contributed by atoms with Gasteiger partial charge in [-0.2, -0.15) is 0 Å². The summed E-state index contributed by atoms with van der Waals surface area (Å²) < 4.78 is 0. The molecule has 1 aromatic rings. The van der Waals surface area contributed by atoms with E-state index in [1.54, 1.807) is 11.0 Å². The number of hydrogen-bond acceptors (Lipinski definition) is 2. The van der Waals surface area contributed by atoms with Crippen molar-refractivity contribution in [1.82, 2.24) is 4.90 Å². The summed E-state index contributed by atoms with van der Waals surface area (Å²) >= 11 is 0. The molecule has 0 fully saturated rings. The zero-order valence-corrected chi connectivity index (χ0v) is 11.9. The van der Waals surface area contributed by atoms with Gasteiger partial charge in [-0.05, 0) is 30.6 Å². The fraction of sp³-hybridized carbons (Fsp3) is 0.176. The van der Waals surface area contributed by atoms with Crippen LogP contribution >= 0.6 is 0 Å². The topological polar surface area (TPSA) is 50.9 Å². The van der Waals surface area contributed by atoms with Gasteiger partial charge in [0.25, 0.3) is 0 Å². The predicted octanol–water partition coefficient (Wildman–Crippen LogP) is 4.10. The predicted molar refractivity (Wildman–Crippen MR) is 84.1 cm³/mol. The van der Waals surface area contributed by atoms with E-state index in [0.29, 0.717) is 11.5 Å². The Morgan fingerprint density at radius 3 is 2.50 bits per heavy atom. The lowest BCUT2D eigenvalue weighted by atomic mass is 10.0. The maximum absolute atomic E-state index is 8.23. The van der Waals surface area contributed by atoms with Crippen LogP contribution < -0.4 is 0 Å². The van der Waals surface area contributed by atoms with Gasteiger partial charge in [-0.15, -0.1) is 0 Å². The first kappa shape index (κ1) is 14.0. The second-order valence-electron chi connectivity index (χ2n) is 4.80. The van der Waals surface area contributed by atoms with Gasteiger partial charge in [0, 0.05) is 17.5 Å². The Balaban J connectivity index is 2.34. The Hall–Kier alpha value is -2.42. The van der Waals surface area contributed by atoms with E-state index < -0.39 is 0 Å². The van der Waals surface area contributed by atoms with Gasteiger partial charge in [0.1, 0.15) is 5.84 Å². The number of nitrogens with zero attached hydrogens (tertiary/aromatic N) is 1. The Bertz CT molecular complexity index is 621. The van der Waals surface area contributed by atoms with Crippen LogP contribution in [-0.4, -0.2) is 16.4 Å². The van der Waals surface area contributed by atoms with Crippen LogP contribution in [0.3, 0.4) is 0 Å². The van der Waals surface area contributed by atoms with Crippen molar-refractivity contribution < 1.29 is 0 Å². The van der Waals surface area contributed by atoms with E-state index in [4.69, 9.17) is 10.8 Å². The van der Waals surface area contributed by atoms with E-state index in [1.165, 1.54) is 0 Å². The highest BCUT2D eigenvalue weighted by Gasteiger charge is 2.24. The first-order valence-electron chi connectivity index (χ1n) is 6.65. The highest BCUT2D eigenvalue weighted by molar-refractivity contribution is 6.14. The minimum Gasteiger partial charge on any atom is -0.306 e. The minimum absolute atomic E-state index is 0.398. The van der Waals surface area contributed by atoms with E-state index in [2.05, 4.69) is 13.5 Å². The van der Waals surface area contributed by atoms with Crippen LogP contribution in [-0.2, 0) is 0 Å². The number of benzene rings is 1. The lowest BCUT2D eigenvalue weighted by Crippen LogP contribution is -2.19. The van der Waals surface area contributed by atoms with Gasteiger partial charge in [-0.3, -0.25) is 5.41 Å². The second kappa shape index (κ2) is 5.70. The molecule has 0 bridgehead atoms. The quantitative estimate of drug-likeness (QED) is 0.791. The van der Waals surface area contributed by atoms with Crippen molar-refractivity contribution in [2.75, 3.05) is 0 Å². The number of hydrogen-bond donors (Lipinski definition) is 2. The van der Waals surface area contributed by atoms with Crippen LogP contribution in [0.1, 0.15) is 25.8 Å². The number of amidine groups is 1. The van der Waals surface area contributed by atoms with Gasteiger partial charge in [-0.25, -0.2) is 0 Å². The molecule has 0 unspecified atom stereocenters. The van der Waals surface area contributed by atoms with Gasteiger partial charge < -0.3 is 10.3 Å². The van der Waals surface area contributed by atoms with Crippen LogP contribution in [0.4, 0.5) is 0 Å². The average Bonchev–Trinajstić information content (AvgIpc) is 2.77. The fourth-order valence-corrected chi connectivity index (χ4v) is 2.16. The summed E-state index contributed by atoms with van der Waals surface area (Å²) in [5, 5.41) is 16.4. The molecular formula is C17H19N3. The molecule has 20 heavy (non-hydrogen) atoms. The van der Waals surface area contributed by atoms with Gasteiger partial charge in [0.2, 0.25) is 0 Å². The molecule has 0 saturated carbocycles. The van der Waals surface area contributed by atoms with Crippen molar-refractivity contribution in [3.63, 3.8) is 0 Å². The standard InChI is InChI=1S/C17H19N3/c1-4-13-11-20(12(2)3)17(19)15(13)10-16(18)14-8-6-5-7-9-14/h5-11,18-19H,2,4H2,1,3H3. The van der Waals surface area contributed by atoms with Gasteiger partial charge in [0.15, 0.2) is 0 Å². The molecule has 0 spiro atoms. The molecule has 3 heteroatoms. The fourth-order valence-electron chi connectivity index (χ4n) is 2.16. The van der Waals surface area contributed by atoms with E-state index in [1.807, 2.05) is 43.5 Å². The Morgan fingerprint density at radius 1 is 1.30 bits per heavy atom. The summed E-state index contributed by atoms with van der Waals surface area (Å²) in [4.78, 5) is 1.77. The number of nitrogens with one attached hydrogen (secondary N) is 2. The molecular weight excluding hydrogens is 246 g/mol. The molecule has 2 rings (SSSR count). The first-order chi connectivity index (χ1) is 9.54. The molecule has 0 atom stereocenters. The number of rotatable bonds is 4. The average molecular weight is 265 g/mol. The van der Waals surface area contributed by atoms with Crippen LogP contribution in [0.25, 0.3) is 0 Å². The molecule has 1 aromatic carbocycles. The van der Waals surface area contributed by atoms with Gasteiger partial charge in [-0.1, -0.05) is 43.8 Å². The van der Waals surface area contributed by atoms with E-state index >= 15 is 0 Å². The molecule has 0 radical (unpaired) electrons. The molecule has 3 nitrogen and oxygen atoms in total. The van der Waals surface area contributed by atoms with E-state index in [9.17, 15) is 0 Å².